The number of carbonyl (C=O) groups is 3. The molecule has 0 radical (unpaired) electrons. The van der Waals surface area contributed by atoms with Crippen LogP contribution in [-0.2, 0) is 24.2 Å². The standard InChI is InChI=1S/C17H26N2O6S/c1-12-4-2-3-7-17(12)15(21)19(16(22)18-17)10-14(20)25-11-13-5-8-26(23,24)9-6-13/h12-13H,2-11H2,1H3,(H,18,22). The molecule has 1 saturated carbocycles. The highest BCUT2D eigenvalue weighted by Crippen LogP contribution is 2.38. The number of sulfone groups is 1. The maximum absolute atomic E-state index is 12.8. The Kier molecular flexibility index (Phi) is 5.28. The SMILES string of the molecule is CC1CCCCC12NC(=O)N(CC(=O)OCC1CCS(=O)(=O)CC1)C2=O. The van der Waals surface area contributed by atoms with Crippen LogP contribution in [0.3, 0.4) is 0 Å². The van der Waals surface area contributed by atoms with Crippen molar-refractivity contribution in [3.05, 3.63) is 0 Å². The molecule has 26 heavy (non-hydrogen) atoms. The number of carbonyl (C=O) groups excluding carboxylic acids is 3. The van der Waals surface area contributed by atoms with Gasteiger partial charge in [-0.1, -0.05) is 19.8 Å². The summed E-state index contributed by atoms with van der Waals surface area (Å²) in [5, 5.41) is 2.80. The van der Waals surface area contributed by atoms with Crippen LogP contribution in [0.4, 0.5) is 4.79 Å². The fourth-order valence-electron chi connectivity index (χ4n) is 4.13. The van der Waals surface area contributed by atoms with Gasteiger partial charge in [-0.25, -0.2) is 13.2 Å². The summed E-state index contributed by atoms with van der Waals surface area (Å²) in [6.07, 6.45) is 4.32. The predicted octanol–water partition coefficient (Wildman–Crippen LogP) is 0.855. The summed E-state index contributed by atoms with van der Waals surface area (Å²) >= 11 is 0. The second-order valence-electron chi connectivity index (χ2n) is 7.72. The van der Waals surface area contributed by atoms with E-state index in [1.807, 2.05) is 6.92 Å². The van der Waals surface area contributed by atoms with Crippen molar-refractivity contribution < 1.29 is 27.5 Å². The van der Waals surface area contributed by atoms with Crippen LogP contribution in [0.1, 0.15) is 45.4 Å². The molecule has 3 aliphatic rings. The summed E-state index contributed by atoms with van der Waals surface area (Å²) < 4.78 is 28.0. The monoisotopic (exact) mass is 386 g/mol. The average Bonchev–Trinajstić information content (AvgIpc) is 2.82. The van der Waals surface area contributed by atoms with Gasteiger partial charge in [0.15, 0.2) is 0 Å². The number of urea groups is 1. The number of nitrogens with one attached hydrogen (secondary N) is 1. The van der Waals surface area contributed by atoms with Gasteiger partial charge >= 0.3 is 12.0 Å². The highest BCUT2D eigenvalue weighted by molar-refractivity contribution is 7.91. The van der Waals surface area contributed by atoms with Crippen molar-refractivity contribution in [2.24, 2.45) is 11.8 Å². The Morgan fingerprint density at radius 1 is 1.23 bits per heavy atom. The Balaban J connectivity index is 1.53. The van der Waals surface area contributed by atoms with Crippen LogP contribution in [0.2, 0.25) is 0 Å². The van der Waals surface area contributed by atoms with Crippen molar-refractivity contribution in [1.29, 1.82) is 0 Å². The van der Waals surface area contributed by atoms with Gasteiger partial charge in [-0.15, -0.1) is 0 Å². The van der Waals surface area contributed by atoms with Gasteiger partial charge in [-0.2, -0.15) is 0 Å². The highest BCUT2D eigenvalue weighted by atomic mass is 32.2. The van der Waals surface area contributed by atoms with E-state index in [0.29, 0.717) is 19.3 Å². The Hall–Kier alpha value is -1.64. The van der Waals surface area contributed by atoms with Crippen LogP contribution in [0.5, 0.6) is 0 Å². The lowest BCUT2D eigenvalue weighted by Gasteiger charge is -2.36. The summed E-state index contributed by atoms with van der Waals surface area (Å²) in [7, 11) is -2.95. The molecular weight excluding hydrogens is 360 g/mol. The molecule has 0 bridgehead atoms. The lowest BCUT2D eigenvalue weighted by atomic mass is 9.73. The molecule has 1 N–H and O–H groups in total. The first-order chi connectivity index (χ1) is 12.2. The molecule has 2 saturated heterocycles. The van der Waals surface area contributed by atoms with Crippen LogP contribution >= 0.6 is 0 Å². The summed E-state index contributed by atoms with van der Waals surface area (Å²) in [6.45, 7) is 1.68. The van der Waals surface area contributed by atoms with Gasteiger partial charge in [0.25, 0.3) is 5.91 Å². The Morgan fingerprint density at radius 2 is 1.92 bits per heavy atom. The normalized spacial score (nSPS) is 31.9. The molecule has 146 valence electrons. The van der Waals surface area contributed by atoms with E-state index in [2.05, 4.69) is 5.32 Å². The molecule has 8 nitrogen and oxygen atoms in total. The number of amides is 3. The third kappa shape index (κ3) is 3.72. The summed E-state index contributed by atoms with van der Waals surface area (Å²) in [6, 6.07) is -0.538. The summed E-state index contributed by atoms with van der Waals surface area (Å²) in [5.41, 5.74) is -0.882. The first-order valence-electron chi connectivity index (χ1n) is 9.24. The van der Waals surface area contributed by atoms with Gasteiger partial charge in [-0.05, 0) is 37.5 Å². The van der Waals surface area contributed by atoms with Gasteiger partial charge in [-0.3, -0.25) is 14.5 Å². The van der Waals surface area contributed by atoms with Crippen LogP contribution in [-0.4, -0.2) is 61.4 Å². The molecular formula is C17H26N2O6S. The molecule has 1 spiro atoms. The lowest BCUT2D eigenvalue weighted by molar-refractivity contribution is -0.149. The summed E-state index contributed by atoms with van der Waals surface area (Å²) in [5.74, 6) is -0.697. The Bertz CT molecular complexity index is 692. The summed E-state index contributed by atoms with van der Waals surface area (Å²) in [4.78, 5) is 38.1. The lowest BCUT2D eigenvalue weighted by Crippen LogP contribution is -2.54. The Morgan fingerprint density at radius 3 is 2.58 bits per heavy atom. The number of hydrogen-bond donors (Lipinski definition) is 1. The van der Waals surface area contributed by atoms with Crippen LogP contribution in [0.15, 0.2) is 0 Å². The molecule has 3 amide bonds. The first-order valence-corrected chi connectivity index (χ1v) is 11.1. The molecule has 3 fully saturated rings. The van der Waals surface area contributed by atoms with Gasteiger partial charge in [0, 0.05) is 0 Å². The predicted molar refractivity (Wildman–Crippen MR) is 92.9 cm³/mol. The molecule has 0 aromatic heterocycles. The smallest absolute Gasteiger partial charge is 0.326 e. The number of rotatable bonds is 4. The first kappa shape index (κ1) is 19.1. The van der Waals surface area contributed by atoms with Crippen molar-refractivity contribution in [3.63, 3.8) is 0 Å². The number of esters is 1. The van der Waals surface area contributed by atoms with E-state index in [1.165, 1.54) is 0 Å². The zero-order valence-corrected chi connectivity index (χ0v) is 15.8. The van der Waals surface area contributed by atoms with Crippen LogP contribution in [0, 0.1) is 11.8 Å². The molecule has 0 aromatic carbocycles. The molecule has 9 heteroatoms. The largest absolute Gasteiger partial charge is 0.464 e. The highest BCUT2D eigenvalue weighted by Gasteiger charge is 2.55. The van der Waals surface area contributed by atoms with E-state index >= 15 is 0 Å². The minimum absolute atomic E-state index is 0.00953. The zero-order chi connectivity index (χ0) is 18.9. The fourth-order valence-corrected chi connectivity index (χ4v) is 5.72. The average molecular weight is 386 g/mol. The fraction of sp³-hybridized carbons (Fsp3) is 0.824. The molecule has 2 aliphatic heterocycles. The third-order valence-corrected chi connectivity index (χ3v) is 7.66. The molecule has 0 aromatic rings. The van der Waals surface area contributed by atoms with Gasteiger partial charge in [0.1, 0.15) is 21.9 Å². The van der Waals surface area contributed by atoms with Crippen molar-refractivity contribution >= 4 is 27.7 Å². The van der Waals surface area contributed by atoms with Gasteiger partial charge < -0.3 is 10.1 Å². The topological polar surface area (TPSA) is 110 Å². The maximum atomic E-state index is 12.8. The van der Waals surface area contributed by atoms with Crippen LogP contribution in [0.25, 0.3) is 0 Å². The quantitative estimate of drug-likeness (QED) is 0.567. The van der Waals surface area contributed by atoms with E-state index in [9.17, 15) is 22.8 Å². The third-order valence-electron chi connectivity index (χ3n) is 5.94. The van der Waals surface area contributed by atoms with E-state index in [0.717, 1.165) is 24.2 Å². The van der Waals surface area contributed by atoms with Crippen molar-refractivity contribution in [3.8, 4) is 0 Å². The second kappa shape index (κ2) is 7.17. The van der Waals surface area contributed by atoms with Gasteiger partial charge in [0.05, 0.1) is 18.1 Å². The van der Waals surface area contributed by atoms with Gasteiger partial charge in [0.2, 0.25) is 0 Å². The number of ether oxygens (including phenoxy) is 1. The number of imide groups is 1. The number of nitrogens with zero attached hydrogens (tertiary/aromatic N) is 1. The minimum Gasteiger partial charge on any atom is -0.464 e. The minimum atomic E-state index is -2.95. The van der Waals surface area contributed by atoms with Crippen molar-refractivity contribution in [1.82, 2.24) is 10.2 Å². The molecule has 3 rings (SSSR count). The second-order valence-corrected chi connectivity index (χ2v) is 10.0. The van der Waals surface area contributed by atoms with E-state index < -0.39 is 33.9 Å². The van der Waals surface area contributed by atoms with Crippen LogP contribution < -0.4 is 5.32 Å². The molecule has 1 aliphatic carbocycles. The Labute approximate surface area is 153 Å². The number of hydrogen-bond acceptors (Lipinski definition) is 6. The molecule has 2 atom stereocenters. The van der Waals surface area contributed by atoms with E-state index in [-0.39, 0.29) is 35.9 Å². The van der Waals surface area contributed by atoms with Crippen molar-refractivity contribution in [2.75, 3.05) is 24.7 Å². The maximum Gasteiger partial charge on any atom is 0.326 e. The van der Waals surface area contributed by atoms with E-state index in [1.54, 1.807) is 0 Å². The zero-order valence-electron chi connectivity index (χ0n) is 15.0. The molecule has 2 heterocycles. The molecule has 2 unspecified atom stereocenters. The van der Waals surface area contributed by atoms with E-state index in [4.69, 9.17) is 4.74 Å². The van der Waals surface area contributed by atoms with Crippen molar-refractivity contribution in [2.45, 2.75) is 51.0 Å².